The minimum Gasteiger partial charge on any atom is -0.495 e. The average molecular weight is 459 g/mol. The number of aryl methyl sites for hydroxylation is 2. The fourth-order valence-corrected chi connectivity index (χ4v) is 3.85. The van der Waals surface area contributed by atoms with Crippen molar-refractivity contribution in [2.45, 2.75) is 71.6 Å². The van der Waals surface area contributed by atoms with Crippen LogP contribution in [-0.2, 0) is 12.8 Å². The van der Waals surface area contributed by atoms with Crippen LogP contribution in [0.25, 0.3) is 11.4 Å². The zero-order valence-corrected chi connectivity index (χ0v) is 20.7. The van der Waals surface area contributed by atoms with Gasteiger partial charge in [-0.15, -0.1) is 0 Å². The summed E-state index contributed by atoms with van der Waals surface area (Å²) in [5, 5.41) is 0. The third-order valence-corrected chi connectivity index (χ3v) is 5.93. The molecule has 178 valence electrons. The van der Waals surface area contributed by atoms with Crippen molar-refractivity contribution in [3.63, 3.8) is 0 Å². The number of halogens is 1. The van der Waals surface area contributed by atoms with Gasteiger partial charge >= 0.3 is 0 Å². The Morgan fingerprint density at radius 1 is 0.824 bits per heavy atom. The summed E-state index contributed by atoms with van der Waals surface area (Å²) in [6.07, 6.45) is 13.7. The topological polar surface area (TPSA) is 35.0 Å². The molecule has 0 unspecified atom stereocenters. The Kier molecular flexibility index (Phi) is 10.1. The lowest BCUT2D eigenvalue weighted by atomic mass is 10.0. The van der Waals surface area contributed by atoms with Crippen molar-refractivity contribution in [1.29, 1.82) is 0 Å². The van der Waals surface area contributed by atoms with Crippen LogP contribution in [0, 0.1) is 17.7 Å². The van der Waals surface area contributed by atoms with Crippen LogP contribution in [-0.4, -0.2) is 17.1 Å². The van der Waals surface area contributed by atoms with Gasteiger partial charge in [-0.2, -0.15) is 0 Å². The van der Waals surface area contributed by atoms with Crippen molar-refractivity contribution in [2.75, 3.05) is 7.11 Å². The predicted octanol–water partition coefficient (Wildman–Crippen LogP) is 7.55. The van der Waals surface area contributed by atoms with Gasteiger partial charge < -0.3 is 4.74 Å². The van der Waals surface area contributed by atoms with Crippen LogP contribution in [0.1, 0.15) is 81.0 Å². The number of hydrogen-bond acceptors (Lipinski definition) is 3. The van der Waals surface area contributed by atoms with Crippen LogP contribution in [0.2, 0.25) is 0 Å². The Morgan fingerprint density at radius 2 is 1.50 bits per heavy atom. The third kappa shape index (κ3) is 7.42. The Balaban J connectivity index is 1.67. The van der Waals surface area contributed by atoms with Crippen LogP contribution in [0.3, 0.4) is 0 Å². The lowest BCUT2D eigenvalue weighted by molar-refractivity contribution is 0.411. The Hall–Kier alpha value is -3.19. The summed E-state index contributed by atoms with van der Waals surface area (Å²) in [5.41, 5.74) is 4.21. The molecule has 2 aromatic carbocycles. The maximum atomic E-state index is 14.6. The highest BCUT2D eigenvalue weighted by molar-refractivity contribution is 5.58. The molecule has 0 amide bonds. The summed E-state index contributed by atoms with van der Waals surface area (Å²) in [6, 6.07) is 11.1. The molecule has 1 heterocycles. The summed E-state index contributed by atoms with van der Waals surface area (Å²) in [7, 11) is 1.60. The van der Waals surface area contributed by atoms with E-state index in [1.807, 2.05) is 36.7 Å². The van der Waals surface area contributed by atoms with Crippen LogP contribution < -0.4 is 4.74 Å². The van der Waals surface area contributed by atoms with E-state index in [0.29, 0.717) is 29.1 Å². The van der Waals surface area contributed by atoms with E-state index >= 15 is 0 Å². The monoisotopic (exact) mass is 458 g/mol. The number of aromatic nitrogens is 2. The van der Waals surface area contributed by atoms with Gasteiger partial charge in [0.15, 0.2) is 5.82 Å². The maximum Gasteiger partial charge on any atom is 0.159 e. The van der Waals surface area contributed by atoms with Gasteiger partial charge in [0.1, 0.15) is 11.6 Å². The van der Waals surface area contributed by atoms with Crippen LogP contribution in [0.15, 0.2) is 48.8 Å². The normalized spacial score (nSPS) is 10.6. The van der Waals surface area contributed by atoms with Gasteiger partial charge in [0.05, 0.1) is 12.7 Å². The van der Waals surface area contributed by atoms with Crippen molar-refractivity contribution in [3.05, 3.63) is 76.9 Å². The molecule has 0 atom stereocenters. The van der Waals surface area contributed by atoms with E-state index in [0.717, 1.165) is 36.8 Å². The standard InChI is InChI=1S/C30H35FN2O/c1-4-6-8-10-11-24-21-32-30(33-22-24)25-16-13-23(14-17-25)15-18-27-19-28(31)26(12-9-7-5-2)20-29(27)34-3/h13-14,16-17,19-22H,4-12H2,1-3H3. The summed E-state index contributed by atoms with van der Waals surface area (Å²) in [6.45, 7) is 4.36. The molecule has 0 aliphatic carbocycles. The fourth-order valence-electron chi connectivity index (χ4n) is 3.85. The fraction of sp³-hybridized carbons (Fsp3) is 0.400. The number of nitrogens with zero attached hydrogens (tertiary/aromatic N) is 2. The highest BCUT2D eigenvalue weighted by Crippen LogP contribution is 2.24. The molecule has 0 saturated heterocycles. The quantitative estimate of drug-likeness (QED) is 0.220. The predicted molar refractivity (Wildman–Crippen MR) is 137 cm³/mol. The molecule has 0 radical (unpaired) electrons. The number of benzene rings is 2. The Morgan fingerprint density at radius 3 is 2.18 bits per heavy atom. The second kappa shape index (κ2) is 13.5. The van der Waals surface area contributed by atoms with Gasteiger partial charge in [0, 0.05) is 23.5 Å². The minimum atomic E-state index is -0.220. The maximum absolute atomic E-state index is 14.6. The van der Waals surface area contributed by atoms with Crippen molar-refractivity contribution < 1.29 is 9.13 Å². The Labute approximate surface area is 203 Å². The van der Waals surface area contributed by atoms with E-state index in [-0.39, 0.29) is 5.82 Å². The first-order valence-electron chi connectivity index (χ1n) is 12.4. The molecule has 0 N–H and O–H groups in total. The number of hydrogen-bond donors (Lipinski definition) is 0. The summed E-state index contributed by atoms with van der Waals surface area (Å²) in [5.74, 6) is 7.28. The second-order valence-electron chi connectivity index (χ2n) is 8.65. The summed E-state index contributed by atoms with van der Waals surface area (Å²) in [4.78, 5) is 9.07. The smallest absolute Gasteiger partial charge is 0.159 e. The van der Waals surface area contributed by atoms with E-state index in [1.54, 1.807) is 13.2 Å². The van der Waals surface area contributed by atoms with Crippen molar-refractivity contribution in [1.82, 2.24) is 9.97 Å². The van der Waals surface area contributed by atoms with Gasteiger partial charge in [-0.25, -0.2) is 14.4 Å². The number of rotatable bonds is 11. The first-order valence-corrected chi connectivity index (χ1v) is 12.4. The Bertz CT molecular complexity index is 1100. The van der Waals surface area contributed by atoms with Crippen molar-refractivity contribution in [3.8, 4) is 29.0 Å². The number of methoxy groups -OCH3 is 1. The molecular formula is C30H35FN2O. The third-order valence-electron chi connectivity index (χ3n) is 5.93. The van der Waals surface area contributed by atoms with Crippen molar-refractivity contribution in [2.24, 2.45) is 0 Å². The van der Waals surface area contributed by atoms with Gasteiger partial charge in [0.2, 0.25) is 0 Å². The van der Waals surface area contributed by atoms with E-state index in [1.165, 1.54) is 37.3 Å². The molecule has 4 heteroatoms. The molecule has 3 aromatic rings. The second-order valence-corrected chi connectivity index (χ2v) is 8.65. The van der Waals surface area contributed by atoms with Crippen LogP contribution >= 0.6 is 0 Å². The van der Waals surface area contributed by atoms with Crippen LogP contribution in [0.5, 0.6) is 5.75 Å². The van der Waals surface area contributed by atoms with Gasteiger partial charge in [-0.3, -0.25) is 0 Å². The molecular weight excluding hydrogens is 423 g/mol. The van der Waals surface area contributed by atoms with E-state index < -0.39 is 0 Å². The first kappa shape index (κ1) is 25.4. The van der Waals surface area contributed by atoms with Crippen molar-refractivity contribution >= 4 is 0 Å². The molecule has 0 aliphatic rings. The number of ether oxygens (including phenoxy) is 1. The number of unbranched alkanes of at least 4 members (excludes halogenated alkanes) is 5. The molecule has 3 nitrogen and oxygen atoms in total. The van der Waals surface area contributed by atoms with E-state index in [9.17, 15) is 4.39 Å². The molecule has 0 fully saturated rings. The van der Waals surface area contributed by atoms with Gasteiger partial charge in [-0.05, 0) is 73.2 Å². The van der Waals surface area contributed by atoms with E-state index in [4.69, 9.17) is 4.74 Å². The highest BCUT2D eigenvalue weighted by atomic mass is 19.1. The molecule has 0 saturated carbocycles. The average Bonchev–Trinajstić information content (AvgIpc) is 2.87. The molecule has 3 rings (SSSR count). The molecule has 34 heavy (non-hydrogen) atoms. The molecule has 1 aromatic heterocycles. The van der Waals surface area contributed by atoms with Gasteiger partial charge in [-0.1, -0.05) is 57.8 Å². The SMILES string of the molecule is CCCCCCc1cnc(-c2ccc(C#Cc3cc(F)c(CCCCC)cc3OC)cc2)nc1. The zero-order chi connectivity index (χ0) is 24.2. The molecule has 0 aliphatic heterocycles. The summed E-state index contributed by atoms with van der Waals surface area (Å²) < 4.78 is 20.0. The first-order chi connectivity index (χ1) is 16.6. The lowest BCUT2D eigenvalue weighted by Crippen LogP contribution is -1.96. The highest BCUT2D eigenvalue weighted by Gasteiger charge is 2.09. The zero-order valence-electron chi connectivity index (χ0n) is 20.7. The largest absolute Gasteiger partial charge is 0.495 e. The van der Waals surface area contributed by atoms with Crippen LogP contribution in [0.4, 0.5) is 4.39 Å². The van der Waals surface area contributed by atoms with E-state index in [2.05, 4.69) is 35.7 Å². The molecule has 0 bridgehead atoms. The minimum absolute atomic E-state index is 0.220. The molecule has 0 spiro atoms. The lowest BCUT2D eigenvalue weighted by Gasteiger charge is -2.08. The summed E-state index contributed by atoms with van der Waals surface area (Å²) >= 11 is 0. The van der Waals surface area contributed by atoms with Gasteiger partial charge in [0.25, 0.3) is 0 Å².